The first kappa shape index (κ1) is 21.8. The zero-order valence-corrected chi connectivity index (χ0v) is 17.7. The molecule has 0 atom stereocenters. The number of hydrogen-bond acceptors (Lipinski definition) is 3. The van der Waals surface area contributed by atoms with Gasteiger partial charge in [-0.15, -0.1) is 35.9 Å². The second-order valence-electron chi connectivity index (χ2n) is 6.24. The molecule has 1 heterocycles. The first-order valence-corrected chi connectivity index (χ1v) is 8.03. The third-order valence-corrected chi connectivity index (χ3v) is 3.41. The second-order valence-corrected chi connectivity index (χ2v) is 6.24. The number of nitrogens with zero attached hydrogens (tertiary/aromatic N) is 1. The van der Waals surface area contributed by atoms with Crippen LogP contribution < -0.4 is 4.74 Å². The maximum absolute atomic E-state index is 8.40. The summed E-state index contributed by atoms with van der Waals surface area (Å²) in [6.45, 7) is 7.06. The molecule has 0 saturated heterocycles. The quantitative estimate of drug-likeness (QED) is 0.263. The van der Waals surface area contributed by atoms with Gasteiger partial charge in [0.2, 0.25) is 0 Å². The molecule has 0 bridgehead atoms. The molecule has 0 saturated carbocycles. The summed E-state index contributed by atoms with van der Waals surface area (Å²) in [7, 11) is 0. The zero-order chi connectivity index (χ0) is 18.4. The summed E-state index contributed by atoms with van der Waals surface area (Å²) in [5, 5.41) is 8.40. The van der Waals surface area contributed by atoms with Gasteiger partial charge in [-0.05, 0) is 32.9 Å². The second kappa shape index (κ2) is 9.46. The molecule has 1 radical (unpaired) electrons. The number of rotatable bonds is 2. The van der Waals surface area contributed by atoms with Crippen LogP contribution in [0.25, 0.3) is 0 Å². The SMILES string of the molecule is CC(=[OH+])/C=C(/C)O.CC1(C)Oc2ccccc2N=C1c1[c-]cccc1.[Ir]. The van der Waals surface area contributed by atoms with E-state index >= 15 is 0 Å². The van der Waals surface area contributed by atoms with Crippen LogP contribution in [0.15, 0.2) is 65.4 Å². The molecule has 0 spiro atoms. The fourth-order valence-electron chi connectivity index (χ4n) is 2.44. The molecule has 0 fully saturated rings. The molecule has 5 heteroatoms. The molecule has 2 aromatic carbocycles. The van der Waals surface area contributed by atoms with E-state index in [1.807, 2.05) is 62.4 Å². The monoisotopic (exact) mass is 530 g/mol. The standard InChI is InChI=1S/C16H14NO.C5H8O2.Ir/c1-16(2)15(12-8-4-3-5-9-12)17-13-10-6-7-11-14(13)18-16;1-4(6)3-5(2)7;/h3-8,10-11H,1-2H3;3,6H,1-2H3;/q-1;;/p+1/b;4-3-;. The molecule has 1 aliphatic rings. The van der Waals surface area contributed by atoms with Gasteiger partial charge in [0.25, 0.3) is 0 Å². The minimum absolute atomic E-state index is 0. The smallest absolute Gasteiger partial charge is 0.316 e. The van der Waals surface area contributed by atoms with Crippen molar-refractivity contribution in [3.8, 4) is 5.75 Å². The number of allylic oxidation sites excluding steroid dienone is 2. The van der Waals surface area contributed by atoms with E-state index in [1.54, 1.807) is 0 Å². The van der Waals surface area contributed by atoms with Gasteiger partial charge in [0, 0.05) is 25.8 Å². The van der Waals surface area contributed by atoms with E-state index in [0.29, 0.717) is 0 Å². The Morgan fingerprint density at radius 2 is 1.81 bits per heavy atom. The molecular formula is C21H23IrNO3. The van der Waals surface area contributed by atoms with Gasteiger partial charge in [0.15, 0.2) is 0 Å². The number of aliphatic imine (C=N–C) groups is 1. The van der Waals surface area contributed by atoms with Crippen molar-refractivity contribution >= 4 is 17.2 Å². The summed E-state index contributed by atoms with van der Waals surface area (Å²) in [5.41, 5.74) is 2.34. The molecular weight excluding hydrogens is 506 g/mol. The number of ketones is 1. The maximum atomic E-state index is 8.40. The number of aliphatic hydroxyl groups is 1. The zero-order valence-electron chi connectivity index (χ0n) is 15.3. The molecule has 0 aromatic heterocycles. The number of hydrogen-bond donors (Lipinski definition) is 1. The predicted molar refractivity (Wildman–Crippen MR) is 102 cm³/mol. The Balaban J connectivity index is 0.000000366. The summed E-state index contributed by atoms with van der Waals surface area (Å²) < 4.78 is 6.04. The van der Waals surface area contributed by atoms with Crippen molar-refractivity contribution in [1.82, 2.24) is 0 Å². The fourth-order valence-corrected chi connectivity index (χ4v) is 2.44. The average molecular weight is 530 g/mol. The Labute approximate surface area is 168 Å². The first-order valence-electron chi connectivity index (χ1n) is 8.03. The Morgan fingerprint density at radius 3 is 2.35 bits per heavy atom. The van der Waals surface area contributed by atoms with Crippen LogP contribution in [0.1, 0.15) is 33.3 Å². The molecule has 1 aliphatic heterocycles. The Bertz CT molecular complexity index is 807. The molecule has 2 aromatic rings. The van der Waals surface area contributed by atoms with Gasteiger partial charge < -0.3 is 9.84 Å². The summed E-state index contributed by atoms with van der Waals surface area (Å²) in [4.78, 5) is 13.1. The summed E-state index contributed by atoms with van der Waals surface area (Å²) in [5.74, 6) is 1.09. The van der Waals surface area contributed by atoms with Gasteiger partial charge >= 0.3 is 5.78 Å². The van der Waals surface area contributed by atoms with Gasteiger partial charge in [-0.1, -0.05) is 12.1 Å². The van der Waals surface area contributed by atoms with Crippen LogP contribution in [0.2, 0.25) is 0 Å². The van der Waals surface area contributed by atoms with Crippen LogP contribution in [0, 0.1) is 6.07 Å². The van der Waals surface area contributed by atoms with E-state index in [9.17, 15) is 0 Å². The number of fused-ring (bicyclic) bond motifs is 1. The van der Waals surface area contributed by atoms with Crippen molar-refractivity contribution in [2.75, 3.05) is 0 Å². The topological polar surface area (TPSA) is 63.2 Å². The first-order chi connectivity index (χ1) is 11.8. The van der Waals surface area contributed by atoms with Crippen LogP contribution >= 0.6 is 0 Å². The van der Waals surface area contributed by atoms with Crippen molar-refractivity contribution in [2.24, 2.45) is 4.99 Å². The number of carbonyl (C=O) groups excluding carboxylic acids is 1. The molecule has 0 amide bonds. The van der Waals surface area contributed by atoms with Gasteiger partial charge in [0.1, 0.15) is 11.4 Å². The Kier molecular flexibility index (Phi) is 7.94. The van der Waals surface area contributed by atoms with Crippen LogP contribution in [0.3, 0.4) is 0 Å². The van der Waals surface area contributed by atoms with Crippen molar-refractivity contribution in [3.05, 3.63) is 72.0 Å². The molecule has 0 aliphatic carbocycles. The maximum Gasteiger partial charge on any atom is 0.316 e. The predicted octanol–water partition coefficient (Wildman–Crippen LogP) is 4.79. The molecule has 2 N–H and O–H groups in total. The van der Waals surface area contributed by atoms with Crippen molar-refractivity contribution in [3.63, 3.8) is 0 Å². The largest absolute Gasteiger partial charge is 0.512 e. The van der Waals surface area contributed by atoms with Crippen LogP contribution in [0.4, 0.5) is 5.69 Å². The Hall–Kier alpha value is -2.23. The number of ether oxygens (including phenoxy) is 1. The number of para-hydroxylation sites is 2. The molecule has 3 rings (SSSR count). The van der Waals surface area contributed by atoms with E-state index < -0.39 is 5.60 Å². The summed E-state index contributed by atoms with van der Waals surface area (Å²) in [6, 6.07) is 18.9. The third kappa shape index (κ3) is 5.94. The van der Waals surface area contributed by atoms with Gasteiger partial charge in [-0.25, -0.2) is 0 Å². The molecule has 139 valence electrons. The van der Waals surface area contributed by atoms with Gasteiger partial charge in [0.05, 0.1) is 24.4 Å². The van der Waals surface area contributed by atoms with E-state index in [0.717, 1.165) is 22.7 Å². The number of benzene rings is 2. The van der Waals surface area contributed by atoms with Crippen LogP contribution in [-0.4, -0.2) is 27.0 Å². The minimum Gasteiger partial charge on any atom is -0.512 e. The molecule has 4 nitrogen and oxygen atoms in total. The Morgan fingerprint density at radius 1 is 1.15 bits per heavy atom. The van der Waals surface area contributed by atoms with Crippen molar-refractivity contribution in [2.45, 2.75) is 33.3 Å². The third-order valence-electron chi connectivity index (χ3n) is 3.41. The van der Waals surface area contributed by atoms with Crippen molar-refractivity contribution < 1.29 is 34.7 Å². The van der Waals surface area contributed by atoms with Crippen LogP contribution in [0.5, 0.6) is 5.75 Å². The van der Waals surface area contributed by atoms with Crippen LogP contribution in [-0.2, 0) is 20.1 Å². The fraction of sp³-hybridized carbons (Fsp3) is 0.238. The molecule has 0 unspecified atom stereocenters. The van der Waals surface area contributed by atoms with Gasteiger partial charge in [-0.3, -0.25) is 9.79 Å². The van der Waals surface area contributed by atoms with E-state index in [1.165, 1.54) is 19.9 Å². The number of aliphatic hydroxyl groups excluding tert-OH is 1. The summed E-state index contributed by atoms with van der Waals surface area (Å²) >= 11 is 0. The summed E-state index contributed by atoms with van der Waals surface area (Å²) in [6.07, 6.45) is 1.28. The van der Waals surface area contributed by atoms with Gasteiger partial charge in [-0.2, -0.15) is 0 Å². The molecule has 26 heavy (non-hydrogen) atoms. The normalized spacial score (nSPS) is 14.5. The minimum atomic E-state index is -0.438. The van der Waals surface area contributed by atoms with E-state index in [-0.39, 0.29) is 31.6 Å². The average Bonchev–Trinajstić information content (AvgIpc) is 2.53. The van der Waals surface area contributed by atoms with E-state index in [2.05, 4.69) is 6.07 Å². The van der Waals surface area contributed by atoms with Crippen molar-refractivity contribution in [1.29, 1.82) is 0 Å². The van der Waals surface area contributed by atoms with E-state index in [4.69, 9.17) is 19.6 Å².